The molecule has 0 aromatic carbocycles. The Morgan fingerprint density at radius 3 is 2.68 bits per heavy atom. The molecule has 2 atom stereocenters. The van der Waals surface area contributed by atoms with Crippen molar-refractivity contribution in [1.29, 1.82) is 0 Å². The number of nitrogens with zero attached hydrogens (tertiary/aromatic N) is 2. The van der Waals surface area contributed by atoms with E-state index in [1.165, 1.54) is 11.3 Å². The quantitative estimate of drug-likeness (QED) is 0.841. The van der Waals surface area contributed by atoms with E-state index in [1.807, 2.05) is 6.92 Å². The Morgan fingerprint density at radius 1 is 1.37 bits per heavy atom. The Morgan fingerprint density at radius 2 is 2.11 bits per heavy atom. The van der Waals surface area contributed by atoms with Crippen LogP contribution in [0.5, 0.6) is 0 Å². The molecule has 0 aliphatic heterocycles. The van der Waals surface area contributed by atoms with Gasteiger partial charge >= 0.3 is 5.97 Å². The molecule has 19 heavy (non-hydrogen) atoms. The van der Waals surface area contributed by atoms with E-state index in [-0.39, 0.29) is 17.7 Å². The summed E-state index contributed by atoms with van der Waals surface area (Å²) in [5.74, 6) is -1.34. The zero-order valence-electron chi connectivity index (χ0n) is 10.8. The fourth-order valence-electron chi connectivity index (χ4n) is 2.32. The van der Waals surface area contributed by atoms with Gasteiger partial charge in [-0.25, -0.2) is 0 Å². The molecule has 1 fully saturated rings. The summed E-state index contributed by atoms with van der Waals surface area (Å²) in [5, 5.41) is 21.5. The summed E-state index contributed by atoms with van der Waals surface area (Å²) in [6.45, 7) is 2.42. The van der Waals surface area contributed by atoms with E-state index in [2.05, 4.69) is 15.5 Å². The van der Waals surface area contributed by atoms with E-state index in [4.69, 9.17) is 5.11 Å². The normalized spacial score (nSPS) is 22.4. The highest BCUT2D eigenvalue weighted by atomic mass is 32.1. The smallest absolute Gasteiger partial charge is 0.306 e. The van der Waals surface area contributed by atoms with Gasteiger partial charge in [-0.15, -0.1) is 21.5 Å². The summed E-state index contributed by atoms with van der Waals surface area (Å²) in [6, 6.07) is 0. The van der Waals surface area contributed by atoms with Crippen LogP contribution in [0, 0.1) is 18.8 Å². The minimum atomic E-state index is -0.792. The van der Waals surface area contributed by atoms with Crippen molar-refractivity contribution in [3.63, 3.8) is 0 Å². The molecule has 1 saturated carbocycles. The van der Waals surface area contributed by atoms with E-state index in [9.17, 15) is 9.59 Å². The molecule has 0 radical (unpaired) electrons. The zero-order valence-corrected chi connectivity index (χ0v) is 11.6. The number of aliphatic carboxylic acids is 1. The predicted octanol–water partition coefficient (Wildman–Crippen LogP) is 1.01. The van der Waals surface area contributed by atoms with Gasteiger partial charge in [0.05, 0.1) is 5.92 Å². The molecule has 104 valence electrons. The lowest BCUT2D eigenvalue weighted by Crippen LogP contribution is -2.31. The maximum absolute atomic E-state index is 11.9. The van der Waals surface area contributed by atoms with Gasteiger partial charge in [-0.05, 0) is 26.2 Å². The number of amides is 1. The highest BCUT2D eigenvalue weighted by Crippen LogP contribution is 2.31. The first-order valence-corrected chi connectivity index (χ1v) is 7.17. The van der Waals surface area contributed by atoms with Gasteiger partial charge in [0.1, 0.15) is 10.0 Å². The van der Waals surface area contributed by atoms with Crippen LogP contribution in [0.3, 0.4) is 0 Å². The van der Waals surface area contributed by atoms with Gasteiger partial charge in [-0.2, -0.15) is 0 Å². The molecule has 0 spiro atoms. The molecular formula is C12H17N3O3S. The van der Waals surface area contributed by atoms with Crippen LogP contribution in [-0.4, -0.2) is 33.7 Å². The molecule has 1 aromatic heterocycles. The van der Waals surface area contributed by atoms with Crippen LogP contribution < -0.4 is 5.32 Å². The first-order chi connectivity index (χ1) is 9.06. The third-order valence-corrected chi connectivity index (χ3v) is 4.26. The number of carbonyl (C=O) groups excluding carboxylic acids is 1. The number of nitrogens with one attached hydrogen (secondary N) is 1. The Bertz CT molecular complexity index is 475. The first kappa shape index (κ1) is 13.9. The van der Waals surface area contributed by atoms with Crippen molar-refractivity contribution < 1.29 is 14.7 Å². The van der Waals surface area contributed by atoms with Gasteiger partial charge in [0, 0.05) is 18.9 Å². The molecule has 0 bridgehead atoms. The number of aryl methyl sites for hydroxylation is 1. The first-order valence-electron chi connectivity index (χ1n) is 6.35. The van der Waals surface area contributed by atoms with Crippen LogP contribution in [0.2, 0.25) is 0 Å². The second-order valence-electron chi connectivity index (χ2n) is 4.80. The van der Waals surface area contributed by atoms with E-state index in [0.717, 1.165) is 10.0 Å². The lowest BCUT2D eigenvalue weighted by molar-refractivity contribution is -0.141. The molecule has 1 aromatic rings. The van der Waals surface area contributed by atoms with Crippen LogP contribution in [-0.2, 0) is 16.0 Å². The van der Waals surface area contributed by atoms with Crippen molar-refractivity contribution in [2.24, 2.45) is 11.8 Å². The average molecular weight is 283 g/mol. The molecule has 7 heteroatoms. The lowest BCUT2D eigenvalue weighted by Gasteiger charge is -2.09. The van der Waals surface area contributed by atoms with Gasteiger partial charge in [-0.3, -0.25) is 9.59 Å². The molecule has 0 unspecified atom stereocenters. The maximum Gasteiger partial charge on any atom is 0.306 e. The van der Waals surface area contributed by atoms with Crippen LogP contribution >= 0.6 is 11.3 Å². The second-order valence-corrected chi connectivity index (χ2v) is 6.07. The SMILES string of the molecule is Cc1nnc(CCNC(=O)[C@H]2CC[C@@H](C(=O)O)C2)s1. The zero-order chi connectivity index (χ0) is 13.8. The third kappa shape index (κ3) is 3.73. The van der Waals surface area contributed by atoms with Crippen LogP contribution in [0.15, 0.2) is 0 Å². The molecule has 0 saturated heterocycles. The highest BCUT2D eigenvalue weighted by Gasteiger charge is 2.33. The van der Waals surface area contributed by atoms with E-state index >= 15 is 0 Å². The number of hydrogen-bond donors (Lipinski definition) is 2. The Hall–Kier alpha value is -1.50. The fraction of sp³-hybridized carbons (Fsp3) is 0.667. The van der Waals surface area contributed by atoms with Crippen LogP contribution in [0.1, 0.15) is 29.3 Å². The average Bonchev–Trinajstić information content (AvgIpc) is 2.98. The lowest BCUT2D eigenvalue weighted by atomic mass is 10.0. The summed E-state index contributed by atoms with van der Waals surface area (Å²) < 4.78 is 0. The van der Waals surface area contributed by atoms with E-state index in [0.29, 0.717) is 32.2 Å². The molecule has 1 aliphatic rings. The summed E-state index contributed by atoms with van der Waals surface area (Å²) in [7, 11) is 0. The number of carbonyl (C=O) groups is 2. The number of aromatic nitrogens is 2. The van der Waals surface area contributed by atoms with Gasteiger partial charge < -0.3 is 10.4 Å². The van der Waals surface area contributed by atoms with Crippen LogP contribution in [0.4, 0.5) is 0 Å². The predicted molar refractivity (Wildman–Crippen MR) is 69.8 cm³/mol. The van der Waals surface area contributed by atoms with Gasteiger partial charge in [0.2, 0.25) is 5.91 Å². The number of hydrogen-bond acceptors (Lipinski definition) is 5. The third-order valence-electron chi connectivity index (χ3n) is 3.36. The van der Waals surface area contributed by atoms with E-state index in [1.54, 1.807) is 0 Å². The topological polar surface area (TPSA) is 92.2 Å². The molecule has 6 nitrogen and oxygen atoms in total. The van der Waals surface area contributed by atoms with Crippen molar-refractivity contribution in [3.05, 3.63) is 10.0 Å². The van der Waals surface area contributed by atoms with Gasteiger partial charge in [0.15, 0.2) is 0 Å². The number of carboxylic acids is 1. The molecule has 2 rings (SSSR count). The number of rotatable bonds is 5. The molecule has 2 N–H and O–H groups in total. The summed E-state index contributed by atoms with van der Waals surface area (Å²) in [5.41, 5.74) is 0. The highest BCUT2D eigenvalue weighted by molar-refractivity contribution is 7.11. The largest absolute Gasteiger partial charge is 0.481 e. The molecule has 1 heterocycles. The Labute approximate surface area is 115 Å². The second kappa shape index (κ2) is 6.10. The minimum Gasteiger partial charge on any atom is -0.481 e. The number of carboxylic acid groups (broad SMARTS) is 1. The molecule has 1 amide bonds. The minimum absolute atomic E-state index is 0.0370. The van der Waals surface area contributed by atoms with Crippen molar-refractivity contribution in [2.45, 2.75) is 32.6 Å². The summed E-state index contributed by atoms with van der Waals surface area (Å²) in [4.78, 5) is 22.7. The van der Waals surface area contributed by atoms with Gasteiger partial charge in [-0.1, -0.05) is 0 Å². The van der Waals surface area contributed by atoms with Crippen molar-refractivity contribution >= 4 is 23.2 Å². The van der Waals surface area contributed by atoms with Gasteiger partial charge in [0.25, 0.3) is 0 Å². The maximum atomic E-state index is 11.9. The standard InChI is InChI=1S/C12H17N3O3S/c1-7-14-15-10(19-7)4-5-13-11(16)8-2-3-9(6-8)12(17)18/h8-9H,2-6H2,1H3,(H,13,16)(H,17,18)/t8-,9+/m0/s1. The molecule has 1 aliphatic carbocycles. The van der Waals surface area contributed by atoms with E-state index < -0.39 is 5.97 Å². The van der Waals surface area contributed by atoms with Crippen molar-refractivity contribution in [1.82, 2.24) is 15.5 Å². The van der Waals surface area contributed by atoms with Crippen molar-refractivity contribution in [3.8, 4) is 0 Å². The summed E-state index contributed by atoms with van der Waals surface area (Å²) in [6.07, 6.45) is 2.40. The Kier molecular flexibility index (Phi) is 4.47. The molecular weight excluding hydrogens is 266 g/mol. The Balaban J connectivity index is 1.72. The van der Waals surface area contributed by atoms with Crippen LogP contribution in [0.25, 0.3) is 0 Å². The monoisotopic (exact) mass is 283 g/mol. The summed E-state index contributed by atoms with van der Waals surface area (Å²) >= 11 is 1.52. The fourth-order valence-corrected chi connectivity index (χ4v) is 3.03. The van der Waals surface area contributed by atoms with Crippen molar-refractivity contribution in [2.75, 3.05) is 6.54 Å².